The number of aryl methyl sites for hydroxylation is 1. The van der Waals surface area contributed by atoms with E-state index in [0.717, 1.165) is 42.4 Å². The molecule has 0 radical (unpaired) electrons. The zero-order valence-electron chi connectivity index (χ0n) is 13.8. The Balaban J connectivity index is 1.31. The average molecular weight is 341 g/mol. The van der Waals surface area contributed by atoms with E-state index in [4.69, 9.17) is 4.74 Å². The first kappa shape index (κ1) is 16.9. The smallest absolute Gasteiger partial charge is 0.224 e. The van der Waals surface area contributed by atoms with E-state index in [9.17, 15) is 4.79 Å². The Morgan fingerprint density at radius 1 is 1.04 bits per heavy atom. The van der Waals surface area contributed by atoms with Crippen LogP contribution in [0.4, 0.5) is 5.69 Å². The maximum absolute atomic E-state index is 11.4. The Morgan fingerprint density at radius 3 is 2.79 bits per heavy atom. The molecular formula is C20H23NO2S. The number of thioether (sulfide) groups is 1. The summed E-state index contributed by atoms with van der Waals surface area (Å²) in [6.07, 6.45) is 3.59. The molecule has 4 heteroatoms. The highest BCUT2D eigenvalue weighted by Gasteiger charge is 2.14. The average Bonchev–Trinajstić information content (AvgIpc) is 2.62. The molecule has 3 nitrogen and oxygen atoms in total. The van der Waals surface area contributed by atoms with Crippen molar-refractivity contribution in [2.45, 2.75) is 31.4 Å². The molecule has 2 aromatic carbocycles. The maximum Gasteiger partial charge on any atom is 0.224 e. The summed E-state index contributed by atoms with van der Waals surface area (Å²) in [6.45, 7) is 0.747. The van der Waals surface area contributed by atoms with Crippen LogP contribution in [0.25, 0.3) is 0 Å². The van der Waals surface area contributed by atoms with Crippen molar-refractivity contribution in [3.05, 3.63) is 59.7 Å². The second-order valence-corrected chi connectivity index (χ2v) is 7.07. The van der Waals surface area contributed by atoms with E-state index in [1.807, 2.05) is 23.9 Å². The fourth-order valence-corrected chi connectivity index (χ4v) is 3.69. The lowest BCUT2D eigenvalue weighted by molar-refractivity contribution is -0.116. The Kier molecular flexibility index (Phi) is 6.19. The number of fused-ring (bicyclic) bond motifs is 1. The van der Waals surface area contributed by atoms with Crippen molar-refractivity contribution in [3.63, 3.8) is 0 Å². The normalized spacial score (nSPS) is 13.2. The number of anilines is 1. The number of benzene rings is 2. The lowest BCUT2D eigenvalue weighted by Crippen LogP contribution is -2.18. The van der Waals surface area contributed by atoms with E-state index in [0.29, 0.717) is 6.42 Å². The molecule has 0 fully saturated rings. The summed E-state index contributed by atoms with van der Waals surface area (Å²) in [7, 11) is 0. The first-order chi connectivity index (χ1) is 11.8. The van der Waals surface area contributed by atoms with Crippen LogP contribution in [0.3, 0.4) is 0 Å². The number of rotatable bonds is 8. The van der Waals surface area contributed by atoms with Gasteiger partial charge < -0.3 is 10.1 Å². The second-order valence-electron chi connectivity index (χ2n) is 5.96. The molecule has 0 unspecified atom stereocenters. The molecule has 3 rings (SSSR count). The van der Waals surface area contributed by atoms with Crippen molar-refractivity contribution in [3.8, 4) is 5.75 Å². The van der Waals surface area contributed by atoms with Crippen LogP contribution in [-0.4, -0.2) is 18.3 Å². The van der Waals surface area contributed by atoms with E-state index in [1.165, 1.54) is 17.5 Å². The predicted octanol–water partition coefficient (Wildman–Crippen LogP) is 4.66. The summed E-state index contributed by atoms with van der Waals surface area (Å²) in [5.41, 5.74) is 3.49. The SMILES string of the molecule is O=C1CCc2cc(OCCCCSCc3ccccc3)ccc2N1. The van der Waals surface area contributed by atoms with Gasteiger partial charge in [0.2, 0.25) is 5.91 Å². The number of carbonyl (C=O) groups is 1. The van der Waals surface area contributed by atoms with E-state index in [2.05, 4.69) is 41.7 Å². The Hall–Kier alpha value is -1.94. The van der Waals surface area contributed by atoms with Crippen molar-refractivity contribution in [1.29, 1.82) is 0 Å². The minimum atomic E-state index is 0.101. The van der Waals surface area contributed by atoms with Gasteiger partial charge in [-0.1, -0.05) is 30.3 Å². The van der Waals surface area contributed by atoms with Gasteiger partial charge in [0.15, 0.2) is 0 Å². The van der Waals surface area contributed by atoms with Crippen LogP contribution < -0.4 is 10.1 Å². The standard InChI is InChI=1S/C20H23NO2S/c22-20-11-8-17-14-18(9-10-19(17)21-20)23-12-4-5-13-24-15-16-6-2-1-3-7-16/h1-3,6-7,9-10,14H,4-5,8,11-13,15H2,(H,21,22). The van der Waals surface area contributed by atoms with Gasteiger partial charge in [0.25, 0.3) is 0 Å². The first-order valence-corrected chi connectivity index (χ1v) is 9.64. The molecular weight excluding hydrogens is 318 g/mol. The van der Waals surface area contributed by atoms with Gasteiger partial charge in [-0.3, -0.25) is 4.79 Å². The number of amides is 1. The number of ether oxygens (including phenoxy) is 1. The highest BCUT2D eigenvalue weighted by molar-refractivity contribution is 7.98. The third kappa shape index (κ3) is 5.03. The Morgan fingerprint density at radius 2 is 1.92 bits per heavy atom. The summed E-state index contributed by atoms with van der Waals surface area (Å²) >= 11 is 1.98. The van der Waals surface area contributed by atoms with Crippen molar-refractivity contribution in [2.24, 2.45) is 0 Å². The van der Waals surface area contributed by atoms with E-state index in [-0.39, 0.29) is 5.91 Å². The molecule has 2 aromatic rings. The van der Waals surface area contributed by atoms with Gasteiger partial charge >= 0.3 is 0 Å². The van der Waals surface area contributed by atoms with Crippen molar-refractivity contribution in [1.82, 2.24) is 0 Å². The van der Waals surface area contributed by atoms with Crippen molar-refractivity contribution >= 4 is 23.4 Å². The molecule has 1 aliphatic rings. The lowest BCUT2D eigenvalue weighted by Gasteiger charge is -2.17. The van der Waals surface area contributed by atoms with E-state index >= 15 is 0 Å². The summed E-state index contributed by atoms with van der Waals surface area (Å²) < 4.78 is 5.84. The molecule has 1 N–H and O–H groups in total. The van der Waals surface area contributed by atoms with Crippen LogP contribution in [0, 0.1) is 0 Å². The monoisotopic (exact) mass is 341 g/mol. The highest BCUT2D eigenvalue weighted by atomic mass is 32.2. The maximum atomic E-state index is 11.4. The second kappa shape index (κ2) is 8.78. The van der Waals surface area contributed by atoms with E-state index < -0.39 is 0 Å². The van der Waals surface area contributed by atoms with E-state index in [1.54, 1.807) is 0 Å². The topological polar surface area (TPSA) is 38.3 Å². The number of unbranched alkanes of at least 4 members (excludes halogenated alkanes) is 1. The van der Waals surface area contributed by atoms with Crippen molar-refractivity contribution in [2.75, 3.05) is 17.7 Å². The minimum Gasteiger partial charge on any atom is -0.494 e. The van der Waals surface area contributed by atoms with Gasteiger partial charge in [0.05, 0.1) is 6.61 Å². The number of hydrogen-bond donors (Lipinski definition) is 1. The molecule has 126 valence electrons. The summed E-state index contributed by atoms with van der Waals surface area (Å²) in [6, 6.07) is 16.5. The van der Waals surface area contributed by atoms with Crippen LogP contribution in [0.2, 0.25) is 0 Å². The molecule has 24 heavy (non-hydrogen) atoms. The van der Waals surface area contributed by atoms with Gasteiger partial charge in [-0.2, -0.15) is 11.8 Å². The largest absolute Gasteiger partial charge is 0.494 e. The zero-order valence-corrected chi connectivity index (χ0v) is 14.6. The fraction of sp³-hybridized carbons (Fsp3) is 0.350. The quantitative estimate of drug-likeness (QED) is 0.710. The van der Waals surface area contributed by atoms with Gasteiger partial charge in [-0.05, 0) is 54.3 Å². The molecule has 1 aliphatic heterocycles. The lowest BCUT2D eigenvalue weighted by atomic mass is 10.0. The molecule has 1 heterocycles. The zero-order chi connectivity index (χ0) is 16.6. The van der Waals surface area contributed by atoms with Gasteiger partial charge in [-0.15, -0.1) is 0 Å². The molecule has 1 amide bonds. The Bertz CT molecular complexity index is 673. The van der Waals surface area contributed by atoms with Crippen LogP contribution in [-0.2, 0) is 17.0 Å². The minimum absolute atomic E-state index is 0.101. The van der Waals surface area contributed by atoms with Crippen LogP contribution in [0.15, 0.2) is 48.5 Å². The van der Waals surface area contributed by atoms with Crippen molar-refractivity contribution < 1.29 is 9.53 Å². The number of nitrogens with one attached hydrogen (secondary N) is 1. The van der Waals surface area contributed by atoms with Crippen LogP contribution in [0.5, 0.6) is 5.75 Å². The molecule has 0 aromatic heterocycles. The van der Waals surface area contributed by atoms with Gasteiger partial charge in [0.1, 0.15) is 5.75 Å². The molecule has 0 saturated heterocycles. The fourth-order valence-electron chi connectivity index (χ4n) is 2.71. The summed E-state index contributed by atoms with van der Waals surface area (Å²) in [4.78, 5) is 11.4. The summed E-state index contributed by atoms with van der Waals surface area (Å²) in [5.74, 6) is 3.25. The predicted molar refractivity (Wildman–Crippen MR) is 101 cm³/mol. The number of carbonyl (C=O) groups excluding carboxylic acids is 1. The molecule has 0 bridgehead atoms. The summed E-state index contributed by atoms with van der Waals surface area (Å²) in [5, 5.41) is 2.89. The highest BCUT2D eigenvalue weighted by Crippen LogP contribution is 2.26. The number of hydrogen-bond acceptors (Lipinski definition) is 3. The Labute approximate surface area is 147 Å². The molecule has 0 spiro atoms. The van der Waals surface area contributed by atoms with Crippen LogP contribution >= 0.6 is 11.8 Å². The van der Waals surface area contributed by atoms with Crippen LogP contribution in [0.1, 0.15) is 30.4 Å². The first-order valence-electron chi connectivity index (χ1n) is 8.48. The molecule has 0 atom stereocenters. The van der Waals surface area contributed by atoms with Gasteiger partial charge in [-0.25, -0.2) is 0 Å². The molecule has 0 saturated carbocycles. The molecule has 0 aliphatic carbocycles. The van der Waals surface area contributed by atoms with Gasteiger partial charge in [0, 0.05) is 17.9 Å². The third-order valence-corrected chi connectivity index (χ3v) is 5.15. The third-order valence-electron chi connectivity index (χ3n) is 4.04.